The van der Waals surface area contributed by atoms with Gasteiger partial charge in [-0.05, 0) is 36.5 Å². The van der Waals surface area contributed by atoms with Crippen molar-refractivity contribution in [3.63, 3.8) is 0 Å². The van der Waals surface area contributed by atoms with E-state index in [9.17, 15) is 33.4 Å². The van der Waals surface area contributed by atoms with Gasteiger partial charge in [0.15, 0.2) is 5.11 Å². The molecular weight excluding hydrogens is 438 g/mol. The van der Waals surface area contributed by atoms with Crippen LogP contribution in [0, 0.1) is 20.2 Å². The van der Waals surface area contributed by atoms with Crippen molar-refractivity contribution in [3.05, 3.63) is 68.3 Å². The van der Waals surface area contributed by atoms with Crippen LogP contribution >= 0.6 is 12.2 Å². The highest BCUT2D eigenvalue weighted by Crippen LogP contribution is 2.23. The summed E-state index contributed by atoms with van der Waals surface area (Å²) in [5.41, 5.74) is -1.20. The van der Waals surface area contributed by atoms with Crippen molar-refractivity contribution in [2.75, 3.05) is 19.4 Å². The minimum Gasteiger partial charge on any atom is -0.332 e. The molecule has 0 aliphatic heterocycles. The van der Waals surface area contributed by atoms with Gasteiger partial charge in [-0.15, -0.1) is 0 Å². The molecule has 0 unspecified atom stereocenters. The Balaban J connectivity index is 2.14. The average molecular weight is 453 g/mol. The number of thiocarbonyl (C=S) groups is 1. The van der Waals surface area contributed by atoms with Crippen molar-refractivity contribution < 1.29 is 23.1 Å². The second-order valence-electron chi connectivity index (χ2n) is 5.97. The van der Waals surface area contributed by atoms with Crippen LogP contribution in [0.15, 0.2) is 47.4 Å². The number of anilines is 1. The van der Waals surface area contributed by atoms with E-state index in [2.05, 4.69) is 10.6 Å². The quantitative estimate of drug-likeness (QED) is 0.377. The van der Waals surface area contributed by atoms with Gasteiger partial charge in [0, 0.05) is 31.9 Å². The third-order valence-electron chi connectivity index (χ3n) is 3.70. The summed E-state index contributed by atoms with van der Waals surface area (Å²) in [7, 11) is -0.820. The Kier molecular flexibility index (Phi) is 6.76. The first-order valence-electron chi connectivity index (χ1n) is 8.00. The summed E-state index contributed by atoms with van der Waals surface area (Å²) in [5, 5.41) is 26.5. The van der Waals surface area contributed by atoms with Gasteiger partial charge in [-0.1, -0.05) is 0 Å². The third-order valence-corrected chi connectivity index (χ3v) is 5.74. The maximum atomic E-state index is 12.3. The number of carbonyl (C=O) groups excluding carboxylic acids is 1. The van der Waals surface area contributed by atoms with E-state index in [-0.39, 0.29) is 15.6 Å². The molecule has 2 rings (SSSR count). The van der Waals surface area contributed by atoms with E-state index in [0.717, 1.165) is 22.5 Å². The number of nitrogens with one attached hydrogen (secondary N) is 2. The summed E-state index contributed by atoms with van der Waals surface area (Å²) >= 11 is 4.99. The van der Waals surface area contributed by atoms with Gasteiger partial charge in [0.1, 0.15) is 0 Å². The van der Waals surface area contributed by atoms with Crippen molar-refractivity contribution in [3.8, 4) is 0 Å². The number of amides is 1. The number of non-ortho nitro benzene ring substituents is 2. The molecule has 0 aliphatic rings. The molecule has 0 spiro atoms. The lowest BCUT2D eigenvalue weighted by atomic mass is 10.1. The molecule has 0 heterocycles. The molecule has 14 heteroatoms. The van der Waals surface area contributed by atoms with Crippen LogP contribution in [0.3, 0.4) is 0 Å². The number of hydrogen-bond donors (Lipinski definition) is 2. The van der Waals surface area contributed by atoms with Crippen molar-refractivity contribution in [2.24, 2.45) is 0 Å². The van der Waals surface area contributed by atoms with Crippen LogP contribution in [-0.4, -0.2) is 47.7 Å². The fourth-order valence-corrected chi connectivity index (χ4v) is 3.31. The highest BCUT2D eigenvalue weighted by molar-refractivity contribution is 7.89. The first kappa shape index (κ1) is 22.8. The number of sulfonamides is 1. The summed E-state index contributed by atoms with van der Waals surface area (Å²) in [6, 6.07) is 8.02. The molecule has 0 saturated carbocycles. The van der Waals surface area contributed by atoms with Crippen molar-refractivity contribution in [1.29, 1.82) is 0 Å². The second-order valence-corrected chi connectivity index (χ2v) is 8.53. The van der Waals surface area contributed by atoms with E-state index in [1.807, 2.05) is 0 Å². The molecule has 0 atom stereocenters. The van der Waals surface area contributed by atoms with Gasteiger partial charge in [-0.2, -0.15) is 0 Å². The van der Waals surface area contributed by atoms with Crippen LogP contribution in [-0.2, 0) is 10.0 Å². The highest BCUT2D eigenvalue weighted by atomic mass is 32.2. The summed E-state index contributed by atoms with van der Waals surface area (Å²) in [6.07, 6.45) is 0. The van der Waals surface area contributed by atoms with Gasteiger partial charge < -0.3 is 5.32 Å². The number of nitro benzene ring substituents is 2. The lowest BCUT2D eigenvalue weighted by molar-refractivity contribution is -0.394. The minimum atomic E-state index is -3.61. The zero-order valence-corrected chi connectivity index (χ0v) is 17.2. The smallest absolute Gasteiger partial charge is 0.277 e. The van der Waals surface area contributed by atoms with Crippen LogP contribution in [0.2, 0.25) is 0 Å². The van der Waals surface area contributed by atoms with Crippen molar-refractivity contribution in [1.82, 2.24) is 9.62 Å². The normalized spacial score (nSPS) is 11.0. The lowest BCUT2D eigenvalue weighted by Crippen LogP contribution is -2.34. The van der Waals surface area contributed by atoms with E-state index in [1.165, 1.54) is 38.4 Å². The number of rotatable bonds is 6. The van der Waals surface area contributed by atoms with Crippen LogP contribution in [0.4, 0.5) is 17.1 Å². The molecule has 1 amide bonds. The predicted molar refractivity (Wildman–Crippen MR) is 111 cm³/mol. The molecule has 0 bridgehead atoms. The minimum absolute atomic E-state index is 0.0527. The topological polar surface area (TPSA) is 165 Å². The first-order valence-corrected chi connectivity index (χ1v) is 9.85. The predicted octanol–water partition coefficient (Wildman–Crippen LogP) is 1.88. The maximum Gasteiger partial charge on any atom is 0.277 e. The Morgan fingerprint density at radius 1 is 1.00 bits per heavy atom. The van der Waals surface area contributed by atoms with Gasteiger partial charge in [0.25, 0.3) is 17.3 Å². The molecule has 2 aromatic carbocycles. The number of carbonyl (C=O) groups is 1. The van der Waals surface area contributed by atoms with Crippen LogP contribution in [0.25, 0.3) is 0 Å². The summed E-state index contributed by atoms with van der Waals surface area (Å²) in [4.78, 5) is 32.5. The van der Waals surface area contributed by atoms with E-state index in [4.69, 9.17) is 12.2 Å². The van der Waals surface area contributed by atoms with Crippen LogP contribution < -0.4 is 10.6 Å². The number of nitrogens with zero attached hydrogens (tertiary/aromatic N) is 3. The van der Waals surface area contributed by atoms with Crippen LogP contribution in [0.1, 0.15) is 10.4 Å². The average Bonchev–Trinajstić information content (AvgIpc) is 2.67. The fourth-order valence-electron chi connectivity index (χ4n) is 2.20. The number of hydrogen-bond acceptors (Lipinski definition) is 8. The zero-order valence-electron chi connectivity index (χ0n) is 15.6. The molecule has 30 heavy (non-hydrogen) atoms. The molecule has 2 N–H and O–H groups in total. The largest absolute Gasteiger partial charge is 0.332 e. The molecule has 0 fully saturated rings. The SMILES string of the molecule is CN(C)S(=O)(=O)c1ccc(NC(=S)NC(=O)c2cc([N+](=O)[O-])cc([N+](=O)[O-])c2)cc1. The Labute approximate surface area is 175 Å². The first-order chi connectivity index (χ1) is 13.9. The van der Waals surface area contributed by atoms with E-state index in [1.54, 1.807) is 0 Å². The van der Waals surface area contributed by atoms with Gasteiger partial charge >= 0.3 is 0 Å². The Morgan fingerprint density at radius 3 is 1.93 bits per heavy atom. The zero-order chi connectivity index (χ0) is 22.6. The van der Waals surface area contributed by atoms with Crippen molar-refractivity contribution >= 4 is 50.3 Å². The van der Waals surface area contributed by atoms with Gasteiger partial charge in [0.05, 0.1) is 26.4 Å². The Bertz CT molecular complexity index is 1100. The molecule has 158 valence electrons. The Morgan fingerprint density at radius 2 is 1.50 bits per heavy atom. The lowest BCUT2D eigenvalue weighted by Gasteiger charge is -2.13. The standard InChI is InChI=1S/C16H15N5O7S2/c1-19(2)30(27,28)14-5-3-11(4-6-14)17-16(29)18-15(22)10-7-12(20(23)24)9-13(8-10)21(25)26/h3-9H,1-2H3,(H2,17,18,22,29). The summed E-state index contributed by atoms with van der Waals surface area (Å²) in [6.45, 7) is 0. The van der Waals surface area contributed by atoms with Crippen molar-refractivity contribution in [2.45, 2.75) is 4.90 Å². The molecule has 0 radical (unpaired) electrons. The molecule has 0 aromatic heterocycles. The molecule has 12 nitrogen and oxygen atoms in total. The Hall–Kier alpha value is -3.49. The molecule has 0 saturated heterocycles. The highest BCUT2D eigenvalue weighted by Gasteiger charge is 2.21. The molecule has 0 aliphatic carbocycles. The maximum absolute atomic E-state index is 12.3. The fraction of sp³-hybridized carbons (Fsp3) is 0.125. The summed E-state index contributed by atoms with van der Waals surface area (Å²) < 4.78 is 25.1. The van der Waals surface area contributed by atoms with Crippen LogP contribution in [0.5, 0.6) is 0 Å². The van der Waals surface area contributed by atoms with Gasteiger partial charge in [-0.3, -0.25) is 30.3 Å². The number of nitro groups is 2. The molecule has 2 aromatic rings. The van der Waals surface area contributed by atoms with E-state index >= 15 is 0 Å². The van der Waals surface area contributed by atoms with E-state index < -0.39 is 37.2 Å². The second kappa shape index (κ2) is 8.89. The summed E-state index contributed by atoms with van der Waals surface area (Å²) in [5.74, 6) is -0.897. The monoisotopic (exact) mass is 453 g/mol. The van der Waals surface area contributed by atoms with Gasteiger partial charge in [0.2, 0.25) is 10.0 Å². The van der Waals surface area contributed by atoms with E-state index in [0.29, 0.717) is 5.69 Å². The number of benzene rings is 2. The third kappa shape index (κ3) is 5.31. The molecular formula is C16H15N5O7S2. The van der Waals surface area contributed by atoms with Gasteiger partial charge in [-0.25, -0.2) is 12.7 Å².